The first-order chi connectivity index (χ1) is 15.2. The van der Waals surface area contributed by atoms with Crippen molar-refractivity contribution in [3.05, 3.63) is 54.1 Å². The molecular formula is C22H24FN3O5S. The second-order valence-corrected chi connectivity index (χ2v) is 9.99. The number of ether oxygens (including phenoxy) is 1. The highest BCUT2D eigenvalue weighted by Gasteiger charge is 2.36. The molecular weight excluding hydrogens is 437 g/mol. The van der Waals surface area contributed by atoms with Gasteiger partial charge in [0.25, 0.3) is 0 Å². The molecule has 1 unspecified atom stereocenters. The van der Waals surface area contributed by atoms with Gasteiger partial charge in [-0.1, -0.05) is 0 Å². The third-order valence-electron chi connectivity index (χ3n) is 5.45. The number of benzene rings is 1. The predicted molar refractivity (Wildman–Crippen MR) is 116 cm³/mol. The number of pyridine rings is 1. The molecule has 3 heterocycles. The predicted octanol–water partition coefficient (Wildman–Crippen LogP) is 3.23. The Kier molecular flexibility index (Phi) is 5.91. The third kappa shape index (κ3) is 4.20. The molecule has 0 aliphatic carbocycles. The molecule has 1 fully saturated rings. The summed E-state index contributed by atoms with van der Waals surface area (Å²) in [6.07, 6.45) is 3.70. The van der Waals surface area contributed by atoms with Crippen molar-refractivity contribution >= 4 is 27.0 Å². The van der Waals surface area contributed by atoms with Gasteiger partial charge >= 0.3 is 5.97 Å². The molecule has 3 aromatic rings. The summed E-state index contributed by atoms with van der Waals surface area (Å²) in [5.74, 6) is -1.73. The zero-order valence-corrected chi connectivity index (χ0v) is 18.5. The number of rotatable bonds is 7. The number of hydrogen-bond acceptors (Lipinski definition) is 5. The highest BCUT2D eigenvalue weighted by molar-refractivity contribution is 7.89. The number of carbonyl (C=O) groups is 1. The van der Waals surface area contributed by atoms with Crippen molar-refractivity contribution in [1.29, 1.82) is 0 Å². The summed E-state index contributed by atoms with van der Waals surface area (Å²) >= 11 is 0. The van der Waals surface area contributed by atoms with Crippen LogP contribution in [-0.2, 0) is 21.4 Å². The summed E-state index contributed by atoms with van der Waals surface area (Å²) in [7, 11) is -4.03. The fourth-order valence-corrected chi connectivity index (χ4v) is 5.66. The number of carboxylic acid groups (broad SMARTS) is 1. The van der Waals surface area contributed by atoms with Crippen molar-refractivity contribution in [3.63, 3.8) is 0 Å². The van der Waals surface area contributed by atoms with Crippen LogP contribution in [0.5, 0.6) is 5.75 Å². The Morgan fingerprint density at radius 1 is 1.34 bits per heavy atom. The number of sulfonamides is 1. The molecule has 1 aliphatic heterocycles. The normalized spacial score (nSPS) is 17.3. The molecule has 10 heteroatoms. The van der Waals surface area contributed by atoms with Gasteiger partial charge in [-0.25, -0.2) is 17.8 Å². The van der Waals surface area contributed by atoms with Gasteiger partial charge in [0.15, 0.2) is 0 Å². The van der Waals surface area contributed by atoms with Crippen LogP contribution in [0.1, 0.15) is 31.7 Å². The standard InChI is InChI=1S/C22H24FN3O5S/c1-14(2)31-16-5-6-20(19(23)10-16)32(29,30)26-9-7-15(11-26)18-12-25(13-21(27)28)22-17(18)4-3-8-24-22/h3-6,8,10,12,14-15H,7,9,11,13H2,1-2H3,(H,27,28). The molecule has 2 aromatic heterocycles. The minimum atomic E-state index is -4.03. The van der Waals surface area contributed by atoms with Crippen molar-refractivity contribution in [2.45, 2.75) is 43.7 Å². The second kappa shape index (κ2) is 8.51. The summed E-state index contributed by atoms with van der Waals surface area (Å²) in [5.41, 5.74) is 1.38. The average molecular weight is 462 g/mol. The van der Waals surface area contributed by atoms with E-state index in [9.17, 15) is 22.7 Å². The Morgan fingerprint density at radius 2 is 2.12 bits per heavy atom. The van der Waals surface area contributed by atoms with Crippen LogP contribution >= 0.6 is 0 Å². The van der Waals surface area contributed by atoms with Crippen LogP contribution in [0.2, 0.25) is 0 Å². The minimum Gasteiger partial charge on any atom is -0.491 e. The van der Waals surface area contributed by atoms with Gasteiger partial charge in [-0.15, -0.1) is 0 Å². The molecule has 32 heavy (non-hydrogen) atoms. The number of carboxylic acids is 1. The van der Waals surface area contributed by atoms with Gasteiger partial charge in [-0.2, -0.15) is 4.31 Å². The average Bonchev–Trinajstić information content (AvgIpc) is 3.33. The molecule has 1 atom stereocenters. The number of fused-ring (bicyclic) bond motifs is 1. The van der Waals surface area contributed by atoms with Crippen molar-refractivity contribution in [1.82, 2.24) is 13.9 Å². The lowest BCUT2D eigenvalue weighted by atomic mass is 9.99. The number of halogens is 1. The Labute approximate surface area is 185 Å². The number of aromatic nitrogens is 2. The van der Waals surface area contributed by atoms with Crippen LogP contribution in [0.3, 0.4) is 0 Å². The molecule has 1 aliphatic rings. The van der Waals surface area contributed by atoms with Crippen molar-refractivity contribution < 1.29 is 27.4 Å². The summed E-state index contributed by atoms with van der Waals surface area (Å²) in [6.45, 7) is 3.78. The largest absolute Gasteiger partial charge is 0.491 e. The van der Waals surface area contributed by atoms with E-state index in [2.05, 4.69) is 4.98 Å². The number of aliphatic carboxylic acids is 1. The second-order valence-electron chi connectivity index (χ2n) is 8.09. The van der Waals surface area contributed by atoms with Gasteiger partial charge in [-0.3, -0.25) is 4.79 Å². The van der Waals surface area contributed by atoms with Gasteiger partial charge < -0.3 is 14.4 Å². The lowest BCUT2D eigenvalue weighted by molar-refractivity contribution is -0.137. The number of nitrogens with zero attached hydrogens (tertiary/aromatic N) is 3. The van der Waals surface area contributed by atoms with Crippen molar-refractivity contribution in [2.24, 2.45) is 0 Å². The maximum absolute atomic E-state index is 14.6. The van der Waals surface area contributed by atoms with Crippen LogP contribution < -0.4 is 4.74 Å². The first-order valence-corrected chi connectivity index (χ1v) is 11.7. The zero-order chi connectivity index (χ0) is 23.0. The molecule has 1 saturated heterocycles. The summed E-state index contributed by atoms with van der Waals surface area (Å²) in [4.78, 5) is 15.1. The molecule has 1 aromatic carbocycles. The van der Waals surface area contributed by atoms with Crippen LogP contribution in [0.4, 0.5) is 4.39 Å². The lowest BCUT2D eigenvalue weighted by Crippen LogP contribution is -2.29. The topological polar surface area (TPSA) is 102 Å². The highest BCUT2D eigenvalue weighted by Crippen LogP contribution is 2.36. The summed E-state index contributed by atoms with van der Waals surface area (Å²) in [5, 5.41) is 9.98. The van der Waals surface area contributed by atoms with Crippen LogP contribution in [-0.4, -0.2) is 52.5 Å². The van der Waals surface area contributed by atoms with Crippen molar-refractivity contribution in [3.8, 4) is 5.75 Å². The van der Waals surface area contributed by atoms with Crippen LogP contribution in [0.15, 0.2) is 47.6 Å². The first-order valence-electron chi connectivity index (χ1n) is 10.3. The maximum Gasteiger partial charge on any atom is 0.323 e. The molecule has 0 saturated carbocycles. The molecule has 0 amide bonds. The fraction of sp³-hybridized carbons (Fsp3) is 0.364. The molecule has 0 radical (unpaired) electrons. The molecule has 1 N–H and O–H groups in total. The number of hydrogen-bond donors (Lipinski definition) is 1. The van der Waals surface area contributed by atoms with E-state index in [1.165, 1.54) is 16.4 Å². The van der Waals surface area contributed by atoms with E-state index in [1.807, 2.05) is 6.07 Å². The maximum atomic E-state index is 14.6. The Balaban J connectivity index is 1.61. The Morgan fingerprint density at radius 3 is 2.81 bits per heavy atom. The quantitative estimate of drug-likeness (QED) is 0.580. The monoisotopic (exact) mass is 461 g/mol. The van der Waals surface area contributed by atoms with Crippen LogP contribution in [0, 0.1) is 5.82 Å². The van der Waals surface area contributed by atoms with Crippen LogP contribution in [0.25, 0.3) is 11.0 Å². The fourth-order valence-electron chi connectivity index (χ4n) is 4.12. The smallest absolute Gasteiger partial charge is 0.323 e. The van der Waals surface area contributed by atoms with Gasteiger partial charge in [-0.05, 0) is 50.1 Å². The molecule has 0 bridgehead atoms. The Bertz CT molecular complexity index is 1270. The van der Waals surface area contributed by atoms with E-state index in [1.54, 1.807) is 36.9 Å². The van der Waals surface area contributed by atoms with E-state index < -0.39 is 21.8 Å². The molecule has 170 valence electrons. The first kappa shape index (κ1) is 22.2. The highest BCUT2D eigenvalue weighted by atomic mass is 32.2. The zero-order valence-electron chi connectivity index (χ0n) is 17.7. The Hall–Kier alpha value is -2.98. The van der Waals surface area contributed by atoms with Gasteiger partial charge in [0.05, 0.1) is 6.10 Å². The SMILES string of the molecule is CC(C)Oc1ccc(S(=O)(=O)N2CCC(c3cn(CC(=O)O)c4ncccc34)C2)c(F)c1. The van der Waals surface area contributed by atoms with Gasteiger partial charge in [0.1, 0.15) is 28.7 Å². The molecule has 0 spiro atoms. The van der Waals surface area contributed by atoms with E-state index in [-0.39, 0.29) is 42.3 Å². The lowest BCUT2D eigenvalue weighted by Gasteiger charge is -2.18. The molecule has 4 rings (SSSR count). The third-order valence-corrected chi connectivity index (χ3v) is 7.35. The summed E-state index contributed by atoms with van der Waals surface area (Å²) < 4.78 is 49.2. The van der Waals surface area contributed by atoms with E-state index in [0.717, 1.165) is 17.0 Å². The van der Waals surface area contributed by atoms with E-state index >= 15 is 0 Å². The van der Waals surface area contributed by atoms with E-state index in [4.69, 9.17) is 4.74 Å². The van der Waals surface area contributed by atoms with E-state index in [0.29, 0.717) is 12.1 Å². The molecule has 8 nitrogen and oxygen atoms in total. The minimum absolute atomic E-state index is 0.155. The van der Waals surface area contributed by atoms with Gasteiger partial charge in [0.2, 0.25) is 10.0 Å². The summed E-state index contributed by atoms with van der Waals surface area (Å²) in [6, 6.07) is 7.38. The van der Waals surface area contributed by atoms with Crippen molar-refractivity contribution in [2.75, 3.05) is 13.1 Å². The van der Waals surface area contributed by atoms with Gasteiger partial charge in [0, 0.05) is 42.9 Å².